The molecule has 1 aliphatic rings. The van der Waals surface area contributed by atoms with Gasteiger partial charge in [0, 0.05) is 25.8 Å². The molecule has 1 aromatic heterocycles. The molecular formula is C10H19N5. The molecule has 2 heterocycles. The van der Waals surface area contributed by atoms with Crippen LogP contribution in [0.2, 0.25) is 0 Å². The number of nitrogens with zero attached hydrogens (tertiary/aromatic N) is 4. The highest BCUT2D eigenvalue weighted by Gasteiger charge is 2.17. The molecule has 5 nitrogen and oxygen atoms in total. The van der Waals surface area contributed by atoms with E-state index in [0.717, 1.165) is 18.8 Å². The summed E-state index contributed by atoms with van der Waals surface area (Å²) < 4.78 is 1.92. The van der Waals surface area contributed by atoms with E-state index in [1.165, 1.54) is 19.4 Å². The lowest BCUT2D eigenvalue weighted by molar-refractivity contribution is 0.190. The summed E-state index contributed by atoms with van der Waals surface area (Å²) in [5, 5.41) is 8.07. The quantitative estimate of drug-likeness (QED) is 0.766. The summed E-state index contributed by atoms with van der Waals surface area (Å²) in [7, 11) is 2.18. The van der Waals surface area contributed by atoms with Crippen molar-refractivity contribution in [3.05, 3.63) is 11.9 Å². The number of rotatable bonds is 3. The molecule has 2 N–H and O–H groups in total. The predicted molar refractivity (Wildman–Crippen MR) is 58.1 cm³/mol. The average Bonchev–Trinajstić information content (AvgIpc) is 2.65. The molecule has 1 saturated heterocycles. The third-order valence-corrected chi connectivity index (χ3v) is 2.96. The summed E-state index contributed by atoms with van der Waals surface area (Å²) in [5.41, 5.74) is 6.37. The molecule has 0 bridgehead atoms. The van der Waals surface area contributed by atoms with E-state index in [-0.39, 0.29) is 0 Å². The Labute approximate surface area is 90.2 Å². The maximum atomic E-state index is 5.49. The van der Waals surface area contributed by atoms with Crippen LogP contribution in [0.3, 0.4) is 0 Å². The van der Waals surface area contributed by atoms with Gasteiger partial charge in [0.1, 0.15) is 0 Å². The topological polar surface area (TPSA) is 60.0 Å². The van der Waals surface area contributed by atoms with E-state index in [1.54, 1.807) is 0 Å². The Kier molecular flexibility index (Phi) is 3.33. The Balaban J connectivity index is 1.90. The number of piperidine rings is 1. The summed E-state index contributed by atoms with van der Waals surface area (Å²) in [6.45, 7) is 3.83. The standard InChI is InChI=1S/C10H19N5/c1-14-4-2-3-9(6-14)7-15-8-10(5-11)12-13-15/h8-9H,2-7,11H2,1H3. The normalized spacial score (nSPS) is 23.2. The summed E-state index contributed by atoms with van der Waals surface area (Å²) in [4.78, 5) is 2.38. The van der Waals surface area contributed by atoms with Crippen LogP contribution in [-0.2, 0) is 13.1 Å². The monoisotopic (exact) mass is 209 g/mol. The van der Waals surface area contributed by atoms with E-state index in [0.29, 0.717) is 12.5 Å². The van der Waals surface area contributed by atoms with Crippen molar-refractivity contribution in [1.29, 1.82) is 0 Å². The molecular weight excluding hydrogens is 190 g/mol. The van der Waals surface area contributed by atoms with Crippen LogP contribution in [-0.4, -0.2) is 40.0 Å². The maximum absolute atomic E-state index is 5.49. The van der Waals surface area contributed by atoms with Gasteiger partial charge in [-0.15, -0.1) is 5.10 Å². The second-order valence-corrected chi connectivity index (χ2v) is 4.41. The highest BCUT2D eigenvalue weighted by molar-refractivity contribution is 4.90. The first kappa shape index (κ1) is 10.6. The van der Waals surface area contributed by atoms with Gasteiger partial charge in [-0.05, 0) is 32.4 Å². The van der Waals surface area contributed by atoms with Gasteiger partial charge in [-0.1, -0.05) is 5.21 Å². The van der Waals surface area contributed by atoms with Crippen LogP contribution in [0.1, 0.15) is 18.5 Å². The third-order valence-electron chi connectivity index (χ3n) is 2.96. The number of likely N-dealkylation sites (tertiary alicyclic amines) is 1. The number of nitrogens with two attached hydrogens (primary N) is 1. The SMILES string of the molecule is CN1CCCC(Cn2cc(CN)nn2)C1. The van der Waals surface area contributed by atoms with Crippen LogP contribution in [0.15, 0.2) is 6.20 Å². The Morgan fingerprint density at radius 1 is 1.60 bits per heavy atom. The molecule has 0 aliphatic carbocycles. The van der Waals surface area contributed by atoms with E-state index in [9.17, 15) is 0 Å². The Morgan fingerprint density at radius 3 is 3.13 bits per heavy atom. The minimum atomic E-state index is 0.477. The van der Waals surface area contributed by atoms with Crippen molar-refractivity contribution in [2.45, 2.75) is 25.9 Å². The highest BCUT2D eigenvalue weighted by atomic mass is 15.4. The first-order valence-electron chi connectivity index (χ1n) is 5.55. The molecule has 5 heteroatoms. The number of hydrogen-bond donors (Lipinski definition) is 1. The Hall–Kier alpha value is -0.940. The lowest BCUT2D eigenvalue weighted by atomic mass is 9.99. The first-order valence-corrected chi connectivity index (χ1v) is 5.55. The van der Waals surface area contributed by atoms with Crippen molar-refractivity contribution in [2.75, 3.05) is 20.1 Å². The molecule has 15 heavy (non-hydrogen) atoms. The van der Waals surface area contributed by atoms with Gasteiger partial charge in [0.05, 0.1) is 5.69 Å². The highest BCUT2D eigenvalue weighted by Crippen LogP contribution is 2.16. The van der Waals surface area contributed by atoms with E-state index in [1.807, 2.05) is 10.9 Å². The third kappa shape index (κ3) is 2.76. The number of aromatic nitrogens is 3. The average molecular weight is 209 g/mol. The lowest BCUT2D eigenvalue weighted by Gasteiger charge is -2.29. The van der Waals surface area contributed by atoms with E-state index in [4.69, 9.17) is 5.73 Å². The molecule has 0 radical (unpaired) electrons. The zero-order valence-corrected chi connectivity index (χ0v) is 9.26. The second-order valence-electron chi connectivity index (χ2n) is 4.41. The van der Waals surface area contributed by atoms with Crippen molar-refractivity contribution < 1.29 is 0 Å². The van der Waals surface area contributed by atoms with E-state index < -0.39 is 0 Å². The fourth-order valence-electron chi connectivity index (χ4n) is 2.21. The fourth-order valence-corrected chi connectivity index (χ4v) is 2.21. The second kappa shape index (κ2) is 4.72. The van der Waals surface area contributed by atoms with Crippen molar-refractivity contribution in [3.63, 3.8) is 0 Å². The molecule has 1 atom stereocenters. The molecule has 0 aromatic carbocycles. The minimum absolute atomic E-state index is 0.477. The molecule has 1 aliphatic heterocycles. The van der Waals surface area contributed by atoms with Crippen LogP contribution in [0, 0.1) is 5.92 Å². The van der Waals surface area contributed by atoms with Gasteiger partial charge in [-0.25, -0.2) is 0 Å². The van der Waals surface area contributed by atoms with Crippen molar-refractivity contribution in [3.8, 4) is 0 Å². The van der Waals surface area contributed by atoms with E-state index in [2.05, 4.69) is 22.3 Å². The van der Waals surface area contributed by atoms with Crippen LogP contribution in [0.25, 0.3) is 0 Å². The lowest BCUT2D eigenvalue weighted by Crippen LogP contribution is -2.34. The van der Waals surface area contributed by atoms with Gasteiger partial charge in [0.25, 0.3) is 0 Å². The Morgan fingerprint density at radius 2 is 2.47 bits per heavy atom. The van der Waals surface area contributed by atoms with Gasteiger partial charge >= 0.3 is 0 Å². The molecule has 0 saturated carbocycles. The summed E-state index contributed by atoms with van der Waals surface area (Å²) in [6.07, 6.45) is 4.54. The largest absolute Gasteiger partial charge is 0.325 e. The van der Waals surface area contributed by atoms with Gasteiger partial charge in [0.15, 0.2) is 0 Å². The molecule has 1 unspecified atom stereocenters. The van der Waals surface area contributed by atoms with Gasteiger partial charge in [-0.2, -0.15) is 0 Å². The predicted octanol–water partition coefficient (Wildman–Crippen LogP) is 0.0786. The van der Waals surface area contributed by atoms with Gasteiger partial charge < -0.3 is 10.6 Å². The smallest absolute Gasteiger partial charge is 0.0962 e. The van der Waals surface area contributed by atoms with E-state index >= 15 is 0 Å². The first-order chi connectivity index (χ1) is 7.28. The molecule has 2 rings (SSSR count). The van der Waals surface area contributed by atoms with Crippen LogP contribution < -0.4 is 5.73 Å². The van der Waals surface area contributed by atoms with Crippen LogP contribution in [0.4, 0.5) is 0 Å². The molecule has 1 fully saturated rings. The minimum Gasteiger partial charge on any atom is -0.325 e. The van der Waals surface area contributed by atoms with Crippen LogP contribution >= 0.6 is 0 Å². The number of hydrogen-bond acceptors (Lipinski definition) is 4. The zero-order valence-electron chi connectivity index (χ0n) is 9.26. The fraction of sp³-hybridized carbons (Fsp3) is 0.800. The molecule has 1 aromatic rings. The van der Waals surface area contributed by atoms with Crippen LogP contribution in [0.5, 0.6) is 0 Å². The van der Waals surface area contributed by atoms with Crippen molar-refractivity contribution in [2.24, 2.45) is 11.7 Å². The summed E-state index contributed by atoms with van der Waals surface area (Å²) >= 11 is 0. The maximum Gasteiger partial charge on any atom is 0.0962 e. The summed E-state index contributed by atoms with van der Waals surface area (Å²) in [5.74, 6) is 0.705. The molecule has 0 amide bonds. The Bertz CT molecular complexity index is 309. The summed E-state index contributed by atoms with van der Waals surface area (Å²) in [6, 6.07) is 0. The van der Waals surface area contributed by atoms with Crippen molar-refractivity contribution in [1.82, 2.24) is 19.9 Å². The van der Waals surface area contributed by atoms with Gasteiger partial charge in [-0.3, -0.25) is 4.68 Å². The molecule has 0 spiro atoms. The van der Waals surface area contributed by atoms with Crippen molar-refractivity contribution >= 4 is 0 Å². The molecule has 84 valence electrons. The zero-order chi connectivity index (χ0) is 10.7. The van der Waals surface area contributed by atoms with Gasteiger partial charge in [0.2, 0.25) is 0 Å².